The Morgan fingerprint density at radius 2 is 2.17 bits per heavy atom. The number of hydrogen-bond donors (Lipinski definition) is 2. The minimum Gasteiger partial charge on any atom is -0.495 e. The zero-order valence-electron chi connectivity index (χ0n) is 11.4. The van der Waals surface area contributed by atoms with Gasteiger partial charge in [0.1, 0.15) is 5.75 Å². The van der Waals surface area contributed by atoms with Crippen LogP contribution in [0.25, 0.3) is 0 Å². The molecule has 0 heterocycles. The van der Waals surface area contributed by atoms with Gasteiger partial charge in [-0.2, -0.15) is 0 Å². The topological polar surface area (TPSA) is 67.6 Å². The van der Waals surface area contributed by atoms with Crippen molar-refractivity contribution in [2.75, 3.05) is 33.5 Å². The van der Waals surface area contributed by atoms with Gasteiger partial charge in [-0.15, -0.1) is 0 Å². The van der Waals surface area contributed by atoms with Gasteiger partial charge in [0.25, 0.3) is 5.91 Å². The van der Waals surface area contributed by atoms with E-state index < -0.39 is 0 Å². The molecule has 0 aromatic heterocycles. The van der Waals surface area contributed by atoms with E-state index in [0.717, 1.165) is 6.54 Å². The monoisotopic (exact) mass is 251 g/mol. The molecular formula is C13H21N3O2. The third-order valence-corrected chi connectivity index (χ3v) is 2.55. The molecule has 18 heavy (non-hydrogen) atoms. The third-order valence-electron chi connectivity index (χ3n) is 2.55. The minimum absolute atomic E-state index is 0.0538. The molecule has 5 nitrogen and oxygen atoms in total. The van der Waals surface area contributed by atoms with Gasteiger partial charge in [-0.25, -0.2) is 0 Å². The number of nitrogens with two attached hydrogens (primary N) is 1. The predicted octanol–water partition coefficient (Wildman–Crippen LogP) is 0.957. The molecule has 0 aliphatic heterocycles. The van der Waals surface area contributed by atoms with Gasteiger partial charge in [0.2, 0.25) is 0 Å². The van der Waals surface area contributed by atoms with E-state index in [0.29, 0.717) is 17.0 Å². The van der Waals surface area contributed by atoms with Gasteiger partial charge in [-0.3, -0.25) is 4.79 Å². The summed E-state index contributed by atoms with van der Waals surface area (Å²) in [5, 5.41) is 2.90. The Morgan fingerprint density at radius 1 is 1.50 bits per heavy atom. The summed E-state index contributed by atoms with van der Waals surface area (Å²) in [5.41, 5.74) is 6.69. The highest BCUT2D eigenvalue weighted by atomic mass is 16.5. The molecular weight excluding hydrogens is 230 g/mol. The molecule has 1 amide bonds. The standard InChI is InChI=1S/C13H21N3O2/c1-9(8-16(2)3)15-13(17)10-6-5-7-11(18-4)12(10)14/h5-7,9H,8,14H2,1-4H3,(H,15,17). The van der Waals surface area contributed by atoms with E-state index in [1.54, 1.807) is 18.2 Å². The second-order valence-corrected chi connectivity index (χ2v) is 4.56. The zero-order valence-corrected chi connectivity index (χ0v) is 11.4. The van der Waals surface area contributed by atoms with Crippen LogP contribution in [-0.4, -0.2) is 44.6 Å². The Labute approximate surface area is 108 Å². The Hall–Kier alpha value is -1.75. The molecule has 1 rings (SSSR count). The fourth-order valence-corrected chi connectivity index (χ4v) is 1.81. The normalized spacial score (nSPS) is 12.3. The van der Waals surface area contributed by atoms with Crippen LogP contribution in [0.4, 0.5) is 5.69 Å². The molecule has 1 aromatic carbocycles. The maximum Gasteiger partial charge on any atom is 0.253 e. The van der Waals surface area contributed by atoms with Crippen molar-refractivity contribution in [1.82, 2.24) is 10.2 Å². The number of methoxy groups -OCH3 is 1. The van der Waals surface area contributed by atoms with Gasteiger partial charge in [-0.1, -0.05) is 6.07 Å². The van der Waals surface area contributed by atoms with Gasteiger partial charge in [0, 0.05) is 12.6 Å². The highest BCUT2D eigenvalue weighted by Gasteiger charge is 2.15. The van der Waals surface area contributed by atoms with Crippen LogP contribution in [0.15, 0.2) is 18.2 Å². The molecule has 3 N–H and O–H groups in total. The Bertz CT molecular complexity index is 419. The van der Waals surface area contributed by atoms with E-state index in [2.05, 4.69) is 5.32 Å². The summed E-state index contributed by atoms with van der Waals surface area (Å²) in [7, 11) is 5.45. The molecule has 0 bridgehead atoms. The highest BCUT2D eigenvalue weighted by molar-refractivity contribution is 6.00. The minimum atomic E-state index is -0.180. The average Bonchev–Trinajstić information content (AvgIpc) is 2.27. The van der Waals surface area contributed by atoms with Crippen LogP contribution in [0, 0.1) is 0 Å². The predicted molar refractivity (Wildman–Crippen MR) is 72.9 cm³/mol. The van der Waals surface area contributed by atoms with Crippen molar-refractivity contribution >= 4 is 11.6 Å². The number of nitrogen functional groups attached to an aromatic ring is 1. The molecule has 0 saturated carbocycles. The fraction of sp³-hybridized carbons (Fsp3) is 0.462. The second kappa shape index (κ2) is 6.26. The maximum absolute atomic E-state index is 12.1. The summed E-state index contributed by atoms with van der Waals surface area (Å²) in [6, 6.07) is 5.23. The lowest BCUT2D eigenvalue weighted by molar-refractivity contribution is 0.0935. The summed E-state index contributed by atoms with van der Waals surface area (Å²) in [6.45, 7) is 2.73. The second-order valence-electron chi connectivity index (χ2n) is 4.56. The van der Waals surface area contributed by atoms with Crippen molar-refractivity contribution in [3.8, 4) is 5.75 Å². The number of likely N-dealkylation sites (N-methyl/N-ethyl adjacent to an activating group) is 1. The molecule has 1 unspecified atom stereocenters. The van der Waals surface area contributed by atoms with Crippen LogP contribution in [0.5, 0.6) is 5.75 Å². The molecule has 1 atom stereocenters. The van der Waals surface area contributed by atoms with Crippen molar-refractivity contribution in [3.63, 3.8) is 0 Å². The molecule has 0 aliphatic carbocycles. The van der Waals surface area contributed by atoms with Gasteiger partial charge in [0.15, 0.2) is 0 Å². The maximum atomic E-state index is 12.1. The first-order chi connectivity index (χ1) is 8.45. The van der Waals surface area contributed by atoms with E-state index >= 15 is 0 Å². The lowest BCUT2D eigenvalue weighted by atomic mass is 10.1. The lowest BCUT2D eigenvalue weighted by Gasteiger charge is -2.19. The molecule has 1 aromatic rings. The van der Waals surface area contributed by atoms with Crippen LogP contribution in [-0.2, 0) is 0 Å². The number of nitrogens with zero attached hydrogens (tertiary/aromatic N) is 1. The summed E-state index contributed by atoms with van der Waals surface area (Å²) in [4.78, 5) is 14.1. The van der Waals surface area contributed by atoms with Crippen molar-refractivity contribution in [1.29, 1.82) is 0 Å². The number of rotatable bonds is 5. The zero-order chi connectivity index (χ0) is 13.7. The number of nitrogens with one attached hydrogen (secondary N) is 1. The van der Waals surface area contributed by atoms with E-state index in [1.807, 2.05) is 25.9 Å². The molecule has 5 heteroatoms. The molecule has 0 fully saturated rings. The van der Waals surface area contributed by atoms with Gasteiger partial charge in [0.05, 0.1) is 18.4 Å². The first-order valence-corrected chi connectivity index (χ1v) is 5.83. The van der Waals surface area contributed by atoms with Crippen molar-refractivity contribution in [2.24, 2.45) is 0 Å². The largest absolute Gasteiger partial charge is 0.495 e. The quantitative estimate of drug-likeness (QED) is 0.765. The first-order valence-electron chi connectivity index (χ1n) is 5.83. The van der Waals surface area contributed by atoms with Gasteiger partial charge >= 0.3 is 0 Å². The summed E-state index contributed by atoms with van der Waals surface area (Å²) in [6.07, 6.45) is 0. The number of anilines is 1. The third kappa shape index (κ3) is 3.63. The number of ether oxygens (including phenoxy) is 1. The summed E-state index contributed by atoms with van der Waals surface area (Å²) in [5.74, 6) is 0.337. The number of carbonyl (C=O) groups is 1. The summed E-state index contributed by atoms with van der Waals surface area (Å²) >= 11 is 0. The van der Waals surface area contributed by atoms with E-state index in [1.165, 1.54) is 7.11 Å². The van der Waals surface area contributed by atoms with E-state index in [4.69, 9.17) is 10.5 Å². The Balaban J connectivity index is 2.78. The summed E-state index contributed by atoms with van der Waals surface area (Å²) < 4.78 is 5.09. The SMILES string of the molecule is COc1cccc(C(=O)NC(C)CN(C)C)c1N. The van der Waals surface area contributed by atoms with Crippen molar-refractivity contribution in [2.45, 2.75) is 13.0 Å². The molecule has 0 saturated heterocycles. The number of hydrogen-bond acceptors (Lipinski definition) is 4. The number of amides is 1. The first kappa shape index (κ1) is 14.3. The fourth-order valence-electron chi connectivity index (χ4n) is 1.81. The van der Waals surface area contributed by atoms with Crippen LogP contribution in [0.1, 0.15) is 17.3 Å². The number of para-hydroxylation sites is 1. The number of benzene rings is 1. The van der Waals surface area contributed by atoms with E-state index in [-0.39, 0.29) is 11.9 Å². The molecule has 0 radical (unpaired) electrons. The number of carbonyl (C=O) groups excluding carboxylic acids is 1. The highest BCUT2D eigenvalue weighted by Crippen LogP contribution is 2.24. The van der Waals surface area contributed by atoms with E-state index in [9.17, 15) is 4.79 Å². The smallest absolute Gasteiger partial charge is 0.253 e. The van der Waals surface area contributed by atoms with Crippen molar-refractivity contribution < 1.29 is 9.53 Å². The Morgan fingerprint density at radius 3 is 2.72 bits per heavy atom. The van der Waals surface area contributed by atoms with Crippen LogP contribution < -0.4 is 15.8 Å². The molecule has 0 aliphatic rings. The Kier molecular flexibility index (Phi) is 4.97. The average molecular weight is 251 g/mol. The lowest BCUT2D eigenvalue weighted by Crippen LogP contribution is -2.39. The van der Waals surface area contributed by atoms with Crippen LogP contribution in [0.3, 0.4) is 0 Å². The van der Waals surface area contributed by atoms with Gasteiger partial charge in [-0.05, 0) is 33.2 Å². The molecule has 0 spiro atoms. The van der Waals surface area contributed by atoms with Crippen molar-refractivity contribution in [3.05, 3.63) is 23.8 Å². The van der Waals surface area contributed by atoms with Crippen LogP contribution >= 0.6 is 0 Å². The van der Waals surface area contributed by atoms with Crippen LogP contribution in [0.2, 0.25) is 0 Å². The molecule has 100 valence electrons. The van der Waals surface area contributed by atoms with Gasteiger partial charge < -0.3 is 20.7 Å².